The molecule has 0 bridgehead atoms. The Kier molecular flexibility index (Phi) is 3.97. The molecule has 6 rings (SSSR count). The molecule has 2 aromatic carbocycles. The van der Waals surface area contributed by atoms with Crippen LogP contribution in [0.2, 0.25) is 0 Å². The highest BCUT2D eigenvalue weighted by molar-refractivity contribution is 5.99. The number of benzene rings is 2. The number of rotatable bonds is 3. The Morgan fingerprint density at radius 3 is 2.68 bits per heavy atom. The molecule has 0 amide bonds. The Bertz CT molecular complexity index is 1430. The number of fused-ring (bicyclic) bond motifs is 5. The first kappa shape index (κ1) is 18.3. The number of hydrogen-bond donors (Lipinski definition) is 3. The van der Waals surface area contributed by atoms with Crippen LogP contribution in [0.15, 0.2) is 55.1 Å². The van der Waals surface area contributed by atoms with Gasteiger partial charge in [0.05, 0.1) is 30.1 Å². The largest absolute Gasteiger partial charge is 0.508 e. The lowest BCUT2D eigenvalue weighted by Crippen LogP contribution is -2.24. The maximum Gasteiger partial charge on any atom is 0.169 e. The first-order chi connectivity index (χ1) is 15.1. The smallest absolute Gasteiger partial charge is 0.169 e. The van der Waals surface area contributed by atoms with Crippen LogP contribution >= 0.6 is 0 Å². The number of aromatic nitrogens is 5. The number of ether oxygens (including phenoxy) is 1. The highest BCUT2D eigenvalue weighted by atomic mass is 16.5. The lowest BCUT2D eigenvalue weighted by molar-refractivity contribution is -0.0432. The minimum Gasteiger partial charge on any atom is -0.508 e. The Labute approximate surface area is 175 Å². The maximum atomic E-state index is 10.3. The minimum atomic E-state index is -0.749. The van der Waals surface area contributed by atoms with Crippen LogP contribution in [-0.4, -0.2) is 58.1 Å². The van der Waals surface area contributed by atoms with Crippen molar-refractivity contribution >= 4 is 27.8 Å². The van der Waals surface area contributed by atoms with Crippen LogP contribution in [-0.2, 0) is 4.74 Å². The van der Waals surface area contributed by atoms with Crippen molar-refractivity contribution in [2.45, 2.75) is 24.9 Å². The van der Waals surface area contributed by atoms with Crippen LogP contribution in [0.1, 0.15) is 12.6 Å². The van der Waals surface area contributed by atoms with E-state index in [-0.39, 0.29) is 12.4 Å². The van der Waals surface area contributed by atoms with Crippen LogP contribution in [0, 0.1) is 0 Å². The fraction of sp³-hybridized carbons (Fsp3) is 0.227. The summed E-state index contributed by atoms with van der Waals surface area (Å²) in [5, 5.41) is 29.7. The Balaban J connectivity index is 1.57. The summed E-state index contributed by atoms with van der Waals surface area (Å²) >= 11 is 0. The van der Waals surface area contributed by atoms with Gasteiger partial charge in [0.25, 0.3) is 0 Å². The number of aliphatic hydroxyl groups is 2. The van der Waals surface area contributed by atoms with Crippen molar-refractivity contribution in [3.63, 3.8) is 0 Å². The topological polar surface area (TPSA) is 118 Å². The first-order valence-electron chi connectivity index (χ1n) is 10.00. The van der Waals surface area contributed by atoms with E-state index < -0.39 is 18.4 Å². The van der Waals surface area contributed by atoms with Gasteiger partial charge < -0.3 is 20.1 Å². The van der Waals surface area contributed by atoms with Crippen LogP contribution in [0.5, 0.6) is 5.75 Å². The average molecular weight is 417 g/mol. The molecule has 3 aromatic heterocycles. The third-order valence-electron chi connectivity index (χ3n) is 5.82. The molecular formula is C22H19N5O4. The van der Waals surface area contributed by atoms with Gasteiger partial charge in [0.1, 0.15) is 24.4 Å². The molecule has 1 aliphatic rings. The zero-order valence-electron chi connectivity index (χ0n) is 16.3. The van der Waals surface area contributed by atoms with Gasteiger partial charge in [-0.2, -0.15) is 0 Å². The molecule has 0 unspecified atom stereocenters. The second kappa shape index (κ2) is 6.74. The molecule has 5 aromatic rings. The minimum absolute atomic E-state index is 0.132. The summed E-state index contributed by atoms with van der Waals surface area (Å²) in [4.78, 5) is 13.9. The van der Waals surface area contributed by atoms with E-state index in [1.54, 1.807) is 29.4 Å². The molecule has 156 valence electrons. The lowest BCUT2D eigenvalue weighted by atomic mass is 10.0. The predicted molar refractivity (Wildman–Crippen MR) is 113 cm³/mol. The molecule has 9 heteroatoms. The van der Waals surface area contributed by atoms with Crippen molar-refractivity contribution in [3.05, 3.63) is 55.1 Å². The number of imidazole rings is 2. The summed E-state index contributed by atoms with van der Waals surface area (Å²) in [5.41, 5.74) is 5.04. The fourth-order valence-corrected chi connectivity index (χ4v) is 4.35. The summed E-state index contributed by atoms with van der Waals surface area (Å²) in [5.74, 6) is 0.132. The highest BCUT2D eigenvalue weighted by Gasteiger charge is 2.35. The molecule has 0 spiro atoms. The van der Waals surface area contributed by atoms with E-state index in [4.69, 9.17) is 9.72 Å². The quantitative estimate of drug-likeness (QED) is 0.412. The molecule has 0 saturated carbocycles. The van der Waals surface area contributed by atoms with Gasteiger partial charge in [0, 0.05) is 18.1 Å². The number of aliphatic hydroxyl groups excluding tert-OH is 2. The zero-order chi connectivity index (χ0) is 21.1. The number of nitrogens with zero attached hydrogens (tertiary/aromatic N) is 5. The van der Waals surface area contributed by atoms with Crippen molar-refractivity contribution in [2.75, 3.05) is 6.61 Å². The van der Waals surface area contributed by atoms with E-state index in [2.05, 4.69) is 9.97 Å². The Morgan fingerprint density at radius 1 is 1.06 bits per heavy atom. The molecule has 31 heavy (non-hydrogen) atoms. The number of hydrogen-bond acceptors (Lipinski definition) is 7. The molecule has 3 atom stereocenters. The second-order valence-electron chi connectivity index (χ2n) is 7.72. The highest BCUT2D eigenvalue weighted by Crippen LogP contribution is 2.35. The standard InChI is InChI=1S/C22H19N5O4/c28-9-17-16(30)8-18(31-17)26-10-23-19-21(26)24-11-27-20-14(12-4-2-1-3-5-12)6-13(29)7-15(20)25-22(19)27/h1-7,10-11,16-18,28-30H,8-9H2/t16-,17+,18+/m0/s1. The monoisotopic (exact) mass is 417 g/mol. The van der Waals surface area contributed by atoms with Crippen LogP contribution in [0.25, 0.3) is 39.0 Å². The van der Waals surface area contributed by atoms with Gasteiger partial charge in [-0.25, -0.2) is 15.0 Å². The lowest BCUT2D eigenvalue weighted by Gasteiger charge is -2.13. The van der Waals surface area contributed by atoms with Crippen molar-refractivity contribution in [1.82, 2.24) is 23.9 Å². The SMILES string of the molecule is OC[C@H]1O[C@@H](n2cnc3c2ncn2c3nc3cc(O)cc(-c4ccccc4)c32)C[C@@H]1O. The van der Waals surface area contributed by atoms with Crippen molar-refractivity contribution < 1.29 is 20.1 Å². The fourth-order valence-electron chi connectivity index (χ4n) is 4.35. The van der Waals surface area contributed by atoms with Crippen molar-refractivity contribution in [2.24, 2.45) is 0 Å². The normalized spacial score (nSPS) is 21.5. The van der Waals surface area contributed by atoms with E-state index in [1.807, 2.05) is 34.7 Å². The van der Waals surface area contributed by atoms with Crippen LogP contribution in [0.3, 0.4) is 0 Å². The molecule has 3 N–H and O–H groups in total. The molecule has 1 saturated heterocycles. The molecule has 9 nitrogen and oxygen atoms in total. The second-order valence-corrected chi connectivity index (χ2v) is 7.72. The van der Waals surface area contributed by atoms with Gasteiger partial charge in [-0.3, -0.25) is 8.97 Å². The van der Waals surface area contributed by atoms with Gasteiger partial charge in [-0.05, 0) is 11.6 Å². The number of aromatic hydroxyl groups is 1. The van der Waals surface area contributed by atoms with Gasteiger partial charge in [0.2, 0.25) is 0 Å². The average Bonchev–Trinajstić information content (AvgIpc) is 3.47. The molecule has 0 radical (unpaired) electrons. The maximum absolute atomic E-state index is 10.3. The summed E-state index contributed by atoms with van der Waals surface area (Å²) < 4.78 is 9.39. The van der Waals surface area contributed by atoms with Gasteiger partial charge >= 0.3 is 0 Å². The predicted octanol–water partition coefficient (Wildman–Crippen LogP) is 2.25. The molecular weight excluding hydrogens is 398 g/mol. The van der Waals surface area contributed by atoms with Gasteiger partial charge in [-0.15, -0.1) is 0 Å². The molecule has 1 fully saturated rings. The van der Waals surface area contributed by atoms with E-state index >= 15 is 0 Å². The van der Waals surface area contributed by atoms with Gasteiger partial charge in [-0.1, -0.05) is 30.3 Å². The number of phenolic OH excluding ortho intramolecular Hbond substituents is 1. The Morgan fingerprint density at radius 2 is 1.90 bits per heavy atom. The van der Waals surface area contributed by atoms with E-state index in [0.29, 0.717) is 28.7 Å². The molecule has 1 aliphatic heterocycles. The van der Waals surface area contributed by atoms with E-state index in [9.17, 15) is 15.3 Å². The molecule has 4 heterocycles. The summed E-state index contributed by atoms with van der Waals surface area (Å²) in [6.45, 7) is -0.251. The summed E-state index contributed by atoms with van der Waals surface area (Å²) in [7, 11) is 0. The van der Waals surface area contributed by atoms with Gasteiger partial charge in [0.15, 0.2) is 16.8 Å². The van der Waals surface area contributed by atoms with Crippen molar-refractivity contribution in [1.29, 1.82) is 0 Å². The van der Waals surface area contributed by atoms with Crippen LogP contribution in [0.4, 0.5) is 0 Å². The third-order valence-corrected chi connectivity index (χ3v) is 5.82. The summed E-state index contributed by atoms with van der Waals surface area (Å²) in [6.07, 6.45) is 1.79. The van der Waals surface area contributed by atoms with Crippen molar-refractivity contribution in [3.8, 4) is 16.9 Å². The van der Waals surface area contributed by atoms with E-state index in [0.717, 1.165) is 16.6 Å². The molecule has 0 aliphatic carbocycles. The van der Waals surface area contributed by atoms with E-state index in [1.165, 1.54) is 0 Å². The first-order valence-corrected chi connectivity index (χ1v) is 10.00. The third kappa shape index (κ3) is 2.71. The number of phenols is 1. The summed E-state index contributed by atoms with van der Waals surface area (Å²) in [6, 6.07) is 13.1. The van der Waals surface area contributed by atoms with Crippen LogP contribution < -0.4 is 0 Å². The Hall–Kier alpha value is -3.53. The zero-order valence-corrected chi connectivity index (χ0v) is 16.3.